The van der Waals surface area contributed by atoms with Crippen molar-refractivity contribution in [1.29, 1.82) is 0 Å². The third-order valence-electron chi connectivity index (χ3n) is 4.01. The minimum absolute atomic E-state index is 0.218. The molecular weight excluding hydrogens is 216 g/mol. The van der Waals surface area contributed by atoms with Gasteiger partial charge in [0.2, 0.25) is 5.91 Å². The highest BCUT2D eigenvalue weighted by atomic mass is 16.3. The summed E-state index contributed by atoms with van der Waals surface area (Å²) in [6, 6.07) is 0. The fourth-order valence-electron chi connectivity index (χ4n) is 3.18. The first-order valence-electron chi connectivity index (χ1n) is 6.90. The summed E-state index contributed by atoms with van der Waals surface area (Å²) in [6.45, 7) is 4.40. The van der Waals surface area contributed by atoms with Crippen LogP contribution in [-0.2, 0) is 4.79 Å². The quantitative estimate of drug-likeness (QED) is 0.770. The average Bonchev–Trinajstić information content (AvgIpc) is 2.78. The van der Waals surface area contributed by atoms with Gasteiger partial charge in [0.15, 0.2) is 0 Å². The van der Waals surface area contributed by atoms with Crippen molar-refractivity contribution < 1.29 is 9.90 Å². The summed E-state index contributed by atoms with van der Waals surface area (Å²) in [7, 11) is 0. The summed E-state index contributed by atoms with van der Waals surface area (Å²) in [5, 5.41) is 13.1. The molecule has 2 aliphatic rings. The standard InChI is InChI=1S/C13H24N2O2/c1-2-6-13(7-4-8-14-13)12(17)15-9-3-5-11(16)10-15/h11,14,16H,2-10H2,1H3. The van der Waals surface area contributed by atoms with Gasteiger partial charge in [0.25, 0.3) is 0 Å². The monoisotopic (exact) mass is 240 g/mol. The molecule has 2 N–H and O–H groups in total. The van der Waals surface area contributed by atoms with Gasteiger partial charge in [0.05, 0.1) is 11.6 Å². The number of β-amino-alcohol motifs (C(OH)–C–C–N with tert-alkyl or cyclic N) is 1. The van der Waals surface area contributed by atoms with E-state index in [-0.39, 0.29) is 17.6 Å². The molecule has 0 saturated carbocycles. The molecule has 2 saturated heterocycles. The maximum Gasteiger partial charge on any atom is 0.242 e. The third kappa shape index (κ3) is 2.63. The number of carbonyl (C=O) groups excluding carboxylic acids is 1. The summed E-state index contributed by atoms with van der Waals surface area (Å²) in [5.41, 5.74) is -0.328. The van der Waals surface area contributed by atoms with E-state index in [4.69, 9.17) is 0 Å². The largest absolute Gasteiger partial charge is 0.391 e. The van der Waals surface area contributed by atoms with Gasteiger partial charge < -0.3 is 15.3 Å². The first-order valence-corrected chi connectivity index (χ1v) is 6.90. The van der Waals surface area contributed by atoms with Crippen LogP contribution >= 0.6 is 0 Å². The van der Waals surface area contributed by atoms with Crippen molar-refractivity contribution in [3.8, 4) is 0 Å². The number of rotatable bonds is 3. The van der Waals surface area contributed by atoms with Crippen molar-refractivity contribution in [3.63, 3.8) is 0 Å². The van der Waals surface area contributed by atoms with Crippen molar-refractivity contribution in [3.05, 3.63) is 0 Å². The zero-order valence-corrected chi connectivity index (χ0v) is 10.7. The van der Waals surface area contributed by atoms with E-state index in [1.54, 1.807) is 0 Å². The van der Waals surface area contributed by atoms with Gasteiger partial charge in [-0.15, -0.1) is 0 Å². The van der Waals surface area contributed by atoms with Crippen LogP contribution in [0.5, 0.6) is 0 Å². The molecule has 2 rings (SSSR count). The number of aliphatic hydroxyl groups is 1. The summed E-state index contributed by atoms with van der Waals surface area (Å²) >= 11 is 0. The lowest BCUT2D eigenvalue weighted by molar-refractivity contribution is -0.141. The van der Waals surface area contributed by atoms with E-state index >= 15 is 0 Å². The molecule has 0 spiro atoms. The van der Waals surface area contributed by atoms with Gasteiger partial charge in [-0.2, -0.15) is 0 Å². The Hall–Kier alpha value is -0.610. The lowest BCUT2D eigenvalue weighted by atomic mass is 9.89. The van der Waals surface area contributed by atoms with Crippen LogP contribution in [0.15, 0.2) is 0 Å². The molecule has 0 aromatic heterocycles. The van der Waals surface area contributed by atoms with E-state index in [0.29, 0.717) is 6.54 Å². The maximum absolute atomic E-state index is 12.6. The predicted molar refractivity (Wildman–Crippen MR) is 66.7 cm³/mol. The summed E-state index contributed by atoms with van der Waals surface area (Å²) in [4.78, 5) is 14.5. The molecule has 2 unspecified atom stereocenters. The van der Waals surface area contributed by atoms with Gasteiger partial charge in [-0.3, -0.25) is 4.79 Å². The third-order valence-corrected chi connectivity index (χ3v) is 4.01. The normalized spacial score (nSPS) is 34.0. The molecular formula is C13H24N2O2. The van der Waals surface area contributed by atoms with E-state index < -0.39 is 0 Å². The second-order valence-corrected chi connectivity index (χ2v) is 5.41. The fraction of sp³-hybridized carbons (Fsp3) is 0.923. The van der Waals surface area contributed by atoms with E-state index in [0.717, 1.165) is 51.6 Å². The Morgan fingerprint density at radius 1 is 1.53 bits per heavy atom. The van der Waals surface area contributed by atoms with E-state index in [1.165, 1.54) is 0 Å². The number of aliphatic hydroxyl groups excluding tert-OH is 1. The van der Waals surface area contributed by atoms with Crippen LogP contribution in [0.25, 0.3) is 0 Å². The molecule has 0 aromatic rings. The maximum atomic E-state index is 12.6. The zero-order valence-electron chi connectivity index (χ0n) is 10.7. The van der Waals surface area contributed by atoms with Gasteiger partial charge >= 0.3 is 0 Å². The molecule has 2 fully saturated rings. The van der Waals surface area contributed by atoms with Gasteiger partial charge in [0.1, 0.15) is 0 Å². The van der Waals surface area contributed by atoms with Crippen LogP contribution in [0.3, 0.4) is 0 Å². The van der Waals surface area contributed by atoms with Crippen molar-refractivity contribution in [1.82, 2.24) is 10.2 Å². The average molecular weight is 240 g/mol. The number of nitrogens with one attached hydrogen (secondary N) is 1. The number of piperidine rings is 1. The Balaban J connectivity index is 2.05. The highest BCUT2D eigenvalue weighted by molar-refractivity contribution is 5.87. The molecule has 2 atom stereocenters. The lowest BCUT2D eigenvalue weighted by Crippen LogP contribution is -2.57. The number of hydrogen-bond donors (Lipinski definition) is 2. The van der Waals surface area contributed by atoms with E-state index in [2.05, 4.69) is 12.2 Å². The van der Waals surface area contributed by atoms with Gasteiger partial charge in [-0.1, -0.05) is 13.3 Å². The molecule has 17 heavy (non-hydrogen) atoms. The Morgan fingerprint density at radius 3 is 2.94 bits per heavy atom. The van der Waals surface area contributed by atoms with Crippen LogP contribution in [0.2, 0.25) is 0 Å². The lowest BCUT2D eigenvalue weighted by Gasteiger charge is -2.38. The number of hydrogen-bond acceptors (Lipinski definition) is 3. The summed E-state index contributed by atoms with van der Waals surface area (Å²) in [5.74, 6) is 0.218. The second-order valence-electron chi connectivity index (χ2n) is 5.41. The predicted octanol–water partition coefficient (Wildman–Crippen LogP) is 0.892. The van der Waals surface area contributed by atoms with Crippen molar-refractivity contribution in [2.75, 3.05) is 19.6 Å². The molecule has 0 bridgehead atoms. The van der Waals surface area contributed by atoms with Gasteiger partial charge in [-0.05, 0) is 38.6 Å². The second kappa shape index (κ2) is 5.36. The molecule has 0 aromatic carbocycles. The highest BCUT2D eigenvalue weighted by Gasteiger charge is 2.43. The van der Waals surface area contributed by atoms with Gasteiger partial charge in [-0.25, -0.2) is 0 Å². The van der Waals surface area contributed by atoms with Crippen molar-refractivity contribution in [2.24, 2.45) is 0 Å². The topological polar surface area (TPSA) is 52.6 Å². The SMILES string of the molecule is CCCC1(C(=O)N2CCCC(O)C2)CCCN1. The molecule has 1 amide bonds. The molecule has 4 heteroatoms. The Labute approximate surface area is 103 Å². The minimum atomic E-state index is -0.328. The molecule has 0 radical (unpaired) electrons. The molecule has 2 aliphatic heterocycles. The van der Waals surface area contributed by atoms with Gasteiger partial charge in [0, 0.05) is 13.1 Å². The zero-order chi connectivity index (χ0) is 12.3. The van der Waals surface area contributed by atoms with Crippen LogP contribution in [0.1, 0.15) is 45.4 Å². The van der Waals surface area contributed by atoms with E-state index in [9.17, 15) is 9.90 Å². The molecule has 98 valence electrons. The Morgan fingerprint density at radius 2 is 2.35 bits per heavy atom. The molecule has 4 nitrogen and oxygen atoms in total. The first-order chi connectivity index (χ1) is 8.18. The Bertz CT molecular complexity index is 275. The van der Waals surface area contributed by atoms with Crippen LogP contribution in [-0.4, -0.2) is 47.2 Å². The first kappa shape index (κ1) is 12.8. The van der Waals surface area contributed by atoms with Crippen LogP contribution in [0, 0.1) is 0 Å². The van der Waals surface area contributed by atoms with Crippen molar-refractivity contribution >= 4 is 5.91 Å². The van der Waals surface area contributed by atoms with Crippen LogP contribution < -0.4 is 5.32 Å². The smallest absolute Gasteiger partial charge is 0.242 e. The number of likely N-dealkylation sites (tertiary alicyclic amines) is 1. The summed E-state index contributed by atoms with van der Waals surface area (Å²) < 4.78 is 0. The van der Waals surface area contributed by atoms with Crippen LogP contribution in [0.4, 0.5) is 0 Å². The number of nitrogens with zero attached hydrogens (tertiary/aromatic N) is 1. The number of amides is 1. The minimum Gasteiger partial charge on any atom is -0.391 e. The summed E-state index contributed by atoms with van der Waals surface area (Å²) in [6.07, 6.45) is 5.41. The fourth-order valence-corrected chi connectivity index (χ4v) is 3.18. The molecule has 0 aliphatic carbocycles. The van der Waals surface area contributed by atoms with E-state index in [1.807, 2.05) is 4.90 Å². The van der Waals surface area contributed by atoms with Crippen molar-refractivity contribution in [2.45, 2.75) is 57.1 Å². The Kier molecular flexibility index (Phi) is 4.05. The molecule has 2 heterocycles. The number of carbonyl (C=O) groups is 1. The highest BCUT2D eigenvalue weighted by Crippen LogP contribution is 2.28.